The van der Waals surface area contributed by atoms with E-state index in [2.05, 4.69) is 0 Å². The number of aliphatic hydroxyl groups is 8. The summed E-state index contributed by atoms with van der Waals surface area (Å²) in [7, 11) is 8.00. The third-order valence-corrected chi connectivity index (χ3v) is 0. The van der Waals surface area contributed by atoms with Crippen molar-refractivity contribution in [2.45, 2.75) is 0 Å². The Morgan fingerprint density at radius 2 is 0.222 bits per heavy atom. The molecule has 120 valence electrons. The van der Waals surface area contributed by atoms with E-state index in [9.17, 15) is 0 Å². The molecule has 0 atom stereocenters. The van der Waals surface area contributed by atoms with Gasteiger partial charge >= 0.3 is 0 Å². The van der Waals surface area contributed by atoms with Gasteiger partial charge in [-0.25, -0.2) is 0 Å². The molecule has 8 N–H and O–H groups in total. The van der Waals surface area contributed by atoms with Crippen LogP contribution in [0.15, 0.2) is 0 Å². The summed E-state index contributed by atoms with van der Waals surface area (Å²) >= 11 is 0. The Labute approximate surface area is 141 Å². The molecule has 0 aliphatic carbocycles. The van der Waals surface area contributed by atoms with Crippen LogP contribution < -0.4 is 0 Å². The van der Waals surface area contributed by atoms with E-state index < -0.39 is 0 Å². The standard InChI is InChI=1S/8CH4O.2Ti/c8*1-2;;/h8*2H,1H3;;. The topological polar surface area (TPSA) is 162 Å². The molecular weight excluding hydrogens is 320 g/mol. The van der Waals surface area contributed by atoms with E-state index in [-0.39, 0.29) is 43.4 Å². The van der Waals surface area contributed by atoms with Crippen molar-refractivity contribution in [3.05, 3.63) is 0 Å². The zero-order valence-corrected chi connectivity index (χ0v) is 15.7. The molecule has 0 aliphatic heterocycles. The first-order valence-corrected chi connectivity index (χ1v) is 3.58. The van der Waals surface area contributed by atoms with Crippen LogP contribution in [0, 0.1) is 0 Å². The molecule has 0 fully saturated rings. The Morgan fingerprint density at radius 3 is 0.222 bits per heavy atom. The molecule has 0 spiro atoms. The van der Waals surface area contributed by atoms with Crippen LogP contribution in [-0.4, -0.2) is 97.7 Å². The average Bonchev–Trinajstić information content (AvgIpc) is 2.54. The minimum Gasteiger partial charge on any atom is -0.400 e. The maximum Gasteiger partial charge on any atom is 0.0319 e. The zero-order valence-electron chi connectivity index (χ0n) is 12.6. The molecule has 0 aromatic carbocycles. The summed E-state index contributed by atoms with van der Waals surface area (Å²) in [4.78, 5) is 0. The predicted octanol–water partition coefficient (Wildman–Crippen LogP) is -3.14. The second-order valence-corrected chi connectivity index (χ2v) is 0. The van der Waals surface area contributed by atoms with Crippen molar-refractivity contribution in [1.29, 1.82) is 0 Å². The first-order valence-electron chi connectivity index (χ1n) is 3.58. The molecular formula is C8H32O8Ti2. The number of hydrogen-bond donors (Lipinski definition) is 8. The van der Waals surface area contributed by atoms with E-state index in [1.54, 1.807) is 0 Å². The number of rotatable bonds is 0. The van der Waals surface area contributed by atoms with E-state index in [0.29, 0.717) is 0 Å². The fourth-order valence-corrected chi connectivity index (χ4v) is 0. The second-order valence-electron chi connectivity index (χ2n) is 0. The van der Waals surface area contributed by atoms with Gasteiger partial charge in [0, 0.05) is 100 Å². The molecule has 0 aromatic heterocycles. The molecule has 0 radical (unpaired) electrons. The van der Waals surface area contributed by atoms with Crippen molar-refractivity contribution >= 4 is 0 Å². The van der Waals surface area contributed by atoms with Gasteiger partial charge in [0.1, 0.15) is 0 Å². The largest absolute Gasteiger partial charge is 0.400 e. The van der Waals surface area contributed by atoms with Gasteiger partial charge in [0.2, 0.25) is 0 Å². The van der Waals surface area contributed by atoms with Gasteiger partial charge in [0.05, 0.1) is 0 Å². The van der Waals surface area contributed by atoms with Crippen LogP contribution in [0.1, 0.15) is 0 Å². The summed E-state index contributed by atoms with van der Waals surface area (Å²) in [5, 5.41) is 56.0. The molecule has 0 saturated carbocycles. The normalized spacial score (nSPS) is 2.67. The summed E-state index contributed by atoms with van der Waals surface area (Å²) < 4.78 is 0. The van der Waals surface area contributed by atoms with Crippen molar-refractivity contribution in [3.63, 3.8) is 0 Å². The Hall–Kier alpha value is 1.11. The molecule has 0 amide bonds. The quantitative estimate of drug-likeness (QED) is 0.212. The molecule has 10 heteroatoms. The van der Waals surface area contributed by atoms with E-state index in [0.717, 1.165) is 56.9 Å². The Kier molecular flexibility index (Phi) is 18100. The molecule has 0 bridgehead atoms. The van der Waals surface area contributed by atoms with E-state index in [4.69, 9.17) is 40.9 Å². The van der Waals surface area contributed by atoms with Crippen LogP contribution in [0.3, 0.4) is 0 Å². The summed E-state index contributed by atoms with van der Waals surface area (Å²) in [6.07, 6.45) is 0. The molecule has 0 aromatic rings. The molecule has 0 rings (SSSR count). The maximum atomic E-state index is 7.00. The zero-order chi connectivity index (χ0) is 16.0. The minimum absolute atomic E-state index is 0. The number of aliphatic hydroxyl groups excluding tert-OH is 8. The van der Waals surface area contributed by atoms with Crippen molar-refractivity contribution in [1.82, 2.24) is 0 Å². The first kappa shape index (κ1) is 75.5. The average molecular weight is 352 g/mol. The monoisotopic (exact) mass is 352 g/mol. The minimum atomic E-state index is 0. The molecule has 8 nitrogen and oxygen atoms in total. The first-order chi connectivity index (χ1) is 8.00. The van der Waals surface area contributed by atoms with Crippen LogP contribution in [0.2, 0.25) is 0 Å². The van der Waals surface area contributed by atoms with E-state index in [1.165, 1.54) is 0 Å². The fourth-order valence-electron chi connectivity index (χ4n) is 0. The molecule has 0 aliphatic rings. The van der Waals surface area contributed by atoms with E-state index >= 15 is 0 Å². The summed E-state index contributed by atoms with van der Waals surface area (Å²) in [6, 6.07) is 0. The maximum absolute atomic E-state index is 7.00. The fraction of sp³-hybridized carbons (Fsp3) is 1.00. The third kappa shape index (κ3) is 3610. The Balaban J connectivity index is -0.00000000500. The molecule has 0 saturated heterocycles. The van der Waals surface area contributed by atoms with Gasteiger partial charge < -0.3 is 40.9 Å². The van der Waals surface area contributed by atoms with Crippen molar-refractivity contribution in [2.24, 2.45) is 0 Å². The van der Waals surface area contributed by atoms with Crippen LogP contribution in [0.25, 0.3) is 0 Å². The van der Waals surface area contributed by atoms with Crippen molar-refractivity contribution in [2.75, 3.05) is 56.9 Å². The Bertz CT molecular complexity index is 25.1. The molecule has 0 unspecified atom stereocenters. The van der Waals surface area contributed by atoms with Gasteiger partial charge in [-0.05, 0) is 0 Å². The summed E-state index contributed by atoms with van der Waals surface area (Å²) in [5.41, 5.74) is 0. The van der Waals surface area contributed by atoms with Crippen molar-refractivity contribution in [3.8, 4) is 0 Å². The van der Waals surface area contributed by atoms with Gasteiger partial charge in [-0.1, -0.05) is 0 Å². The summed E-state index contributed by atoms with van der Waals surface area (Å²) in [5.74, 6) is 0. The molecule has 18 heavy (non-hydrogen) atoms. The van der Waals surface area contributed by atoms with Gasteiger partial charge in [0.25, 0.3) is 0 Å². The number of hydrogen-bond acceptors (Lipinski definition) is 8. The van der Waals surface area contributed by atoms with Gasteiger partial charge in [0.15, 0.2) is 0 Å². The van der Waals surface area contributed by atoms with Crippen LogP contribution in [0.4, 0.5) is 0 Å². The molecule has 0 heterocycles. The summed E-state index contributed by atoms with van der Waals surface area (Å²) in [6.45, 7) is 0. The van der Waals surface area contributed by atoms with Gasteiger partial charge in [-0.15, -0.1) is 0 Å². The van der Waals surface area contributed by atoms with Gasteiger partial charge in [-0.2, -0.15) is 0 Å². The Morgan fingerprint density at radius 1 is 0.222 bits per heavy atom. The van der Waals surface area contributed by atoms with E-state index in [1.807, 2.05) is 0 Å². The second kappa shape index (κ2) is 4310. The smallest absolute Gasteiger partial charge is 0.0319 e. The third-order valence-electron chi connectivity index (χ3n) is 0. The predicted molar refractivity (Wildman–Crippen MR) is 65.1 cm³/mol. The van der Waals surface area contributed by atoms with Crippen LogP contribution in [0.5, 0.6) is 0 Å². The van der Waals surface area contributed by atoms with Crippen molar-refractivity contribution < 1.29 is 84.3 Å². The van der Waals surface area contributed by atoms with Crippen LogP contribution in [-0.2, 0) is 43.4 Å². The van der Waals surface area contributed by atoms with Crippen LogP contribution >= 0.6 is 0 Å². The van der Waals surface area contributed by atoms with Gasteiger partial charge in [-0.3, -0.25) is 0 Å². The SMILES string of the molecule is CO.CO.CO.CO.CO.CO.CO.CO.[Ti].[Ti].